The Morgan fingerprint density at radius 3 is 2.70 bits per heavy atom. The lowest BCUT2D eigenvalue weighted by Crippen LogP contribution is -2.43. The Morgan fingerprint density at radius 2 is 1.95 bits per heavy atom. The number of primary amides is 1. The average molecular weight is 293 g/mol. The summed E-state index contributed by atoms with van der Waals surface area (Å²) >= 11 is 1.46. The van der Waals surface area contributed by atoms with Crippen LogP contribution >= 0.6 is 11.8 Å². The number of hydrogen-bond donors (Lipinski definition) is 2. The van der Waals surface area contributed by atoms with Crippen LogP contribution in [0.5, 0.6) is 0 Å². The van der Waals surface area contributed by atoms with Gasteiger partial charge in [-0.15, -0.1) is 0 Å². The van der Waals surface area contributed by atoms with Gasteiger partial charge in [0.2, 0.25) is 5.91 Å². The maximum atomic E-state index is 11.0. The van der Waals surface area contributed by atoms with Crippen LogP contribution in [-0.2, 0) is 4.79 Å². The van der Waals surface area contributed by atoms with Gasteiger partial charge in [-0.2, -0.15) is 0 Å². The van der Waals surface area contributed by atoms with Crippen molar-refractivity contribution in [1.82, 2.24) is 5.32 Å². The minimum atomic E-state index is -0.277. The highest BCUT2D eigenvalue weighted by Crippen LogP contribution is 2.45. The number of rotatable bonds is 2. The minimum Gasteiger partial charge on any atom is -0.369 e. The summed E-state index contributed by atoms with van der Waals surface area (Å²) in [6, 6.07) is 0. The van der Waals surface area contributed by atoms with Gasteiger partial charge in [-0.3, -0.25) is 9.79 Å². The van der Waals surface area contributed by atoms with Crippen molar-refractivity contribution in [3.8, 4) is 0 Å². The lowest BCUT2D eigenvalue weighted by Gasteiger charge is -2.42. The molecule has 1 amide bonds. The molecule has 0 aromatic rings. The zero-order valence-electron chi connectivity index (χ0n) is 11.9. The van der Waals surface area contributed by atoms with Crippen LogP contribution < -0.4 is 11.1 Å². The van der Waals surface area contributed by atoms with E-state index in [2.05, 4.69) is 5.32 Å². The summed E-state index contributed by atoms with van der Waals surface area (Å²) in [5, 5.41) is 4.38. The third-order valence-corrected chi connectivity index (χ3v) is 5.53. The van der Waals surface area contributed by atoms with Gasteiger partial charge in [-0.25, -0.2) is 0 Å². The summed E-state index contributed by atoms with van der Waals surface area (Å²) in [5.74, 6) is 0.0328. The Bertz CT molecular complexity index is 464. The highest BCUT2D eigenvalue weighted by atomic mass is 32.2. The summed E-state index contributed by atoms with van der Waals surface area (Å²) in [4.78, 5) is 16.0. The highest BCUT2D eigenvalue weighted by Gasteiger charge is 2.40. The zero-order valence-corrected chi connectivity index (χ0v) is 12.7. The second kappa shape index (κ2) is 5.80. The van der Waals surface area contributed by atoms with Crippen LogP contribution in [0.3, 0.4) is 0 Å². The first-order valence-corrected chi connectivity index (χ1v) is 8.69. The number of amides is 1. The fourth-order valence-corrected chi connectivity index (χ4v) is 4.45. The van der Waals surface area contributed by atoms with Crippen molar-refractivity contribution in [1.29, 1.82) is 0 Å². The summed E-state index contributed by atoms with van der Waals surface area (Å²) < 4.78 is 0. The molecule has 0 bridgehead atoms. The molecule has 0 aromatic carbocycles. The molecular weight excluding hydrogens is 270 g/mol. The largest absolute Gasteiger partial charge is 0.369 e. The van der Waals surface area contributed by atoms with E-state index in [1.165, 1.54) is 68.8 Å². The average Bonchev–Trinajstić information content (AvgIpc) is 2.46. The third-order valence-electron chi connectivity index (χ3n) is 4.63. The van der Waals surface area contributed by atoms with Gasteiger partial charge in [0.25, 0.3) is 0 Å². The lowest BCUT2D eigenvalue weighted by molar-refractivity contribution is -0.115. The van der Waals surface area contributed by atoms with Crippen molar-refractivity contribution in [3.63, 3.8) is 0 Å². The molecule has 1 heterocycles. The molecule has 0 unspecified atom stereocenters. The van der Waals surface area contributed by atoms with E-state index in [0.717, 1.165) is 11.6 Å². The molecule has 4 nitrogen and oxygen atoms in total. The Balaban J connectivity index is 1.86. The second-order valence-corrected chi connectivity index (χ2v) is 7.02. The van der Waals surface area contributed by atoms with Crippen molar-refractivity contribution in [3.05, 3.63) is 11.3 Å². The Morgan fingerprint density at radius 1 is 1.20 bits per heavy atom. The number of hydrogen-bond acceptors (Lipinski definition) is 4. The molecule has 3 N–H and O–H groups in total. The van der Waals surface area contributed by atoms with E-state index in [1.54, 1.807) is 5.57 Å². The molecule has 1 fully saturated rings. The third kappa shape index (κ3) is 2.73. The molecule has 2 aliphatic carbocycles. The van der Waals surface area contributed by atoms with E-state index in [4.69, 9.17) is 10.7 Å². The summed E-state index contributed by atoms with van der Waals surface area (Å²) in [6.07, 6.45) is 11.1. The van der Waals surface area contributed by atoms with Gasteiger partial charge >= 0.3 is 0 Å². The second-order valence-electron chi connectivity index (χ2n) is 6.05. The van der Waals surface area contributed by atoms with Gasteiger partial charge < -0.3 is 11.1 Å². The summed E-state index contributed by atoms with van der Waals surface area (Å²) in [5.41, 5.74) is 8.25. The zero-order chi connectivity index (χ0) is 14.0. The monoisotopic (exact) mass is 293 g/mol. The predicted molar refractivity (Wildman–Crippen MR) is 83.5 cm³/mol. The van der Waals surface area contributed by atoms with Gasteiger partial charge in [-0.1, -0.05) is 31.0 Å². The summed E-state index contributed by atoms with van der Waals surface area (Å²) in [6.45, 7) is 0. The van der Waals surface area contributed by atoms with Gasteiger partial charge in [0.1, 0.15) is 0 Å². The van der Waals surface area contributed by atoms with Crippen LogP contribution in [0, 0.1) is 0 Å². The van der Waals surface area contributed by atoms with Gasteiger partial charge in [0, 0.05) is 5.70 Å². The van der Waals surface area contributed by atoms with Crippen LogP contribution in [0.2, 0.25) is 0 Å². The van der Waals surface area contributed by atoms with Gasteiger partial charge in [-0.05, 0) is 44.1 Å². The maximum Gasteiger partial charge on any atom is 0.227 e. The number of thioether (sulfide) groups is 1. The number of carbonyl (C=O) groups is 1. The molecule has 110 valence electrons. The number of amidine groups is 1. The molecule has 5 heteroatoms. The van der Waals surface area contributed by atoms with Crippen molar-refractivity contribution in [2.75, 3.05) is 5.75 Å². The molecule has 0 radical (unpaired) electrons. The molecule has 1 saturated carbocycles. The topological polar surface area (TPSA) is 67.5 Å². The van der Waals surface area contributed by atoms with E-state index in [1.807, 2.05) is 0 Å². The quantitative estimate of drug-likeness (QED) is 0.822. The molecule has 0 atom stereocenters. The number of fused-ring (bicyclic) bond motifs is 1. The van der Waals surface area contributed by atoms with E-state index in [0.29, 0.717) is 5.75 Å². The van der Waals surface area contributed by atoms with E-state index in [-0.39, 0.29) is 11.4 Å². The standard InChI is InChI=1S/C15H23N3OS/c16-13(19)10-20-14-17-12-7-3-2-6-11(12)15(18-14)8-4-1-5-9-15/h1-10H2,(H2,16,19)(H,17,18). The fraction of sp³-hybridized carbons (Fsp3) is 0.733. The number of nitrogens with two attached hydrogens (primary N) is 1. The number of nitrogens with zero attached hydrogens (tertiary/aromatic N) is 1. The van der Waals surface area contributed by atoms with E-state index in [9.17, 15) is 4.79 Å². The van der Waals surface area contributed by atoms with Crippen LogP contribution in [-0.4, -0.2) is 22.4 Å². The van der Waals surface area contributed by atoms with Crippen LogP contribution in [0.4, 0.5) is 0 Å². The Kier molecular flexibility index (Phi) is 4.06. The Hall–Kier alpha value is -0.970. The molecule has 3 rings (SSSR count). The first-order chi connectivity index (χ1) is 9.70. The molecule has 0 aromatic heterocycles. The molecule has 3 aliphatic rings. The fourth-order valence-electron chi connectivity index (χ4n) is 3.73. The van der Waals surface area contributed by atoms with Crippen molar-refractivity contribution < 1.29 is 4.79 Å². The minimum absolute atomic E-state index is 0.0409. The molecule has 1 aliphatic heterocycles. The Labute approximate surface area is 124 Å². The number of nitrogens with one attached hydrogen (secondary N) is 1. The highest BCUT2D eigenvalue weighted by molar-refractivity contribution is 8.14. The molecular formula is C15H23N3OS. The molecule has 1 spiro atoms. The molecule has 20 heavy (non-hydrogen) atoms. The van der Waals surface area contributed by atoms with Crippen LogP contribution in [0.25, 0.3) is 0 Å². The molecule has 0 saturated heterocycles. The van der Waals surface area contributed by atoms with Gasteiger partial charge in [0.15, 0.2) is 5.17 Å². The SMILES string of the molecule is NC(=O)CSC1=NC2(CCCCC2)C2=C(CCCC2)N1. The summed E-state index contributed by atoms with van der Waals surface area (Å²) in [7, 11) is 0. The van der Waals surface area contributed by atoms with Crippen LogP contribution in [0.1, 0.15) is 57.8 Å². The normalized spacial score (nSPS) is 24.9. The van der Waals surface area contributed by atoms with Crippen molar-refractivity contribution in [2.24, 2.45) is 10.7 Å². The number of carbonyl (C=O) groups excluding carboxylic acids is 1. The number of allylic oxidation sites excluding steroid dienone is 1. The smallest absolute Gasteiger partial charge is 0.227 e. The van der Waals surface area contributed by atoms with Crippen LogP contribution in [0.15, 0.2) is 16.3 Å². The maximum absolute atomic E-state index is 11.0. The lowest BCUT2D eigenvalue weighted by atomic mass is 9.72. The number of aliphatic imine (C=N–C) groups is 1. The first-order valence-electron chi connectivity index (χ1n) is 7.70. The van der Waals surface area contributed by atoms with Gasteiger partial charge in [0.05, 0.1) is 11.3 Å². The van der Waals surface area contributed by atoms with Crippen molar-refractivity contribution >= 4 is 22.8 Å². The van der Waals surface area contributed by atoms with E-state index >= 15 is 0 Å². The predicted octanol–water partition coefficient (Wildman–Crippen LogP) is 2.70. The first kappa shape index (κ1) is 14.0. The van der Waals surface area contributed by atoms with Crippen molar-refractivity contribution in [2.45, 2.75) is 63.3 Å². The van der Waals surface area contributed by atoms with E-state index < -0.39 is 0 Å².